The number of ether oxygens (including phenoxy) is 3. The highest BCUT2D eigenvalue weighted by Crippen LogP contribution is 2.54. The number of hydrogen-bond acceptors (Lipinski definition) is 7. The van der Waals surface area contributed by atoms with Gasteiger partial charge in [-0.1, -0.05) is 27.7 Å². The van der Waals surface area contributed by atoms with Crippen LogP contribution in [0.2, 0.25) is 0 Å². The van der Waals surface area contributed by atoms with E-state index in [1.165, 1.54) is 6.92 Å². The van der Waals surface area contributed by atoms with Gasteiger partial charge in [-0.15, -0.1) is 5.06 Å². The van der Waals surface area contributed by atoms with Gasteiger partial charge >= 0.3 is 12.1 Å². The van der Waals surface area contributed by atoms with E-state index in [2.05, 4.69) is 34.6 Å². The molecule has 0 saturated carbocycles. The smallest absolute Gasteiger partial charge is 0.450 e. The molecule has 8 nitrogen and oxygen atoms in total. The van der Waals surface area contributed by atoms with Gasteiger partial charge in [0.05, 0.1) is 29.7 Å². The van der Waals surface area contributed by atoms with Gasteiger partial charge in [-0.3, -0.25) is 4.79 Å². The van der Waals surface area contributed by atoms with Crippen LogP contribution < -0.4 is 0 Å². The Kier molecular flexibility index (Phi) is 6.92. The summed E-state index contributed by atoms with van der Waals surface area (Å²) in [6.07, 6.45) is 1.42. The summed E-state index contributed by atoms with van der Waals surface area (Å²) in [5.41, 5.74) is -1.45. The number of hydrogen-bond donors (Lipinski definition) is 1. The summed E-state index contributed by atoms with van der Waals surface area (Å²) in [7, 11) is 0. The van der Waals surface area contributed by atoms with Crippen molar-refractivity contribution in [1.29, 1.82) is 0 Å². The first-order chi connectivity index (χ1) is 13.4. The molecule has 3 unspecified atom stereocenters. The molecule has 2 aliphatic heterocycles. The van der Waals surface area contributed by atoms with Crippen molar-refractivity contribution in [2.75, 3.05) is 19.8 Å². The minimum absolute atomic E-state index is 0.0406. The van der Waals surface area contributed by atoms with Gasteiger partial charge in [-0.05, 0) is 33.1 Å². The van der Waals surface area contributed by atoms with E-state index < -0.39 is 28.4 Å². The van der Waals surface area contributed by atoms with E-state index in [1.54, 1.807) is 0 Å². The van der Waals surface area contributed by atoms with Crippen LogP contribution in [-0.2, 0) is 23.8 Å². The molecular formula is C21H37NO7. The number of carboxylic acid groups (broad SMARTS) is 1. The van der Waals surface area contributed by atoms with Crippen molar-refractivity contribution in [2.45, 2.75) is 91.0 Å². The van der Waals surface area contributed by atoms with Crippen molar-refractivity contribution in [3.63, 3.8) is 0 Å². The van der Waals surface area contributed by atoms with Gasteiger partial charge in [0.25, 0.3) is 0 Å². The molecule has 2 rings (SSSR count). The zero-order valence-electron chi connectivity index (χ0n) is 18.9. The number of piperidine rings is 1. The number of hydroxylamine groups is 2. The second-order valence-corrected chi connectivity index (χ2v) is 9.13. The van der Waals surface area contributed by atoms with Crippen molar-refractivity contribution >= 4 is 12.1 Å². The summed E-state index contributed by atoms with van der Waals surface area (Å²) >= 11 is 0. The van der Waals surface area contributed by atoms with Gasteiger partial charge < -0.3 is 24.2 Å². The van der Waals surface area contributed by atoms with Crippen molar-refractivity contribution in [3.05, 3.63) is 0 Å². The summed E-state index contributed by atoms with van der Waals surface area (Å²) in [5.74, 6) is -1.27. The van der Waals surface area contributed by atoms with Crippen molar-refractivity contribution in [3.8, 4) is 0 Å². The molecule has 1 N–H and O–H groups in total. The van der Waals surface area contributed by atoms with Gasteiger partial charge in [0.15, 0.2) is 5.79 Å². The molecule has 3 atom stereocenters. The molecule has 0 amide bonds. The van der Waals surface area contributed by atoms with Crippen LogP contribution in [0.25, 0.3) is 0 Å². The van der Waals surface area contributed by atoms with Crippen molar-refractivity contribution < 1.29 is 33.7 Å². The second kappa shape index (κ2) is 8.40. The molecule has 168 valence electrons. The molecule has 2 heterocycles. The van der Waals surface area contributed by atoms with E-state index in [1.807, 2.05) is 12.0 Å². The number of nitrogens with zero attached hydrogens (tertiary/aromatic N) is 1. The first-order valence-corrected chi connectivity index (χ1v) is 10.5. The molecule has 0 aromatic heterocycles. The molecule has 0 bridgehead atoms. The lowest BCUT2D eigenvalue weighted by Gasteiger charge is -2.63. The molecule has 2 saturated heterocycles. The minimum Gasteiger partial charge on any atom is -0.450 e. The molecule has 0 aromatic rings. The van der Waals surface area contributed by atoms with Crippen LogP contribution in [0, 0.1) is 11.3 Å². The van der Waals surface area contributed by atoms with Crippen molar-refractivity contribution in [2.24, 2.45) is 11.3 Å². The molecule has 8 heteroatoms. The average molecular weight is 416 g/mol. The standard InChI is InChI=1S/C21H37NO7/c1-8-18(6)11-21(15(4)19(7,9-2)22(18)29-16(5)23)27-13-20(10-3,14-28-21)12-26-17(24)25/h15H,8-14H2,1-7H3,(H,24,25). The van der Waals surface area contributed by atoms with E-state index in [0.29, 0.717) is 26.1 Å². The summed E-state index contributed by atoms with van der Waals surface area (Å²) in [6, 6.07) is 0. The summed E-state index contributed by atoms with van der Waals surface area (Å²) in [5, 5.41) is 10.8. The Hall–Kier alpha value is -1.38. The molecule has 0 aromatic carbocycles. The maximum absolute atomic E-state index is 11.9. The molecule has 0 aliphatic carbocycles. The van der Waals surface area contributed by atoms with Crippen LogP contribution in [0.3, 0.4) is 0 Å². The number of carbonyl (C=O) groups is 2. The van der Waals surface area contributed by atoms with Crippen molar-refractivity contribution in [1.82, 2.24) is 5.06 Å². The van der Waals surface area contributed by atoms with E-state index in [9.17, 15) is 9.59 Å². The fourth-order valence-electron chi connectivity index (χ4n) is 4.67. The lowest BCUT2D eigenvalue weighted by atomic mass is 9.66. The maximum atomic E-state index is 11.9. The second-order valence-electron chi connectivity index (χ2n) is 9.13. The van der Waals surface area contributed by atoms with E-state index >= 15 is 0 Å². The summed E-state index contributed by atoms with van der Waals surface area (Å²) in [6.45, 7) is 14.5. The zero-order valence-corrected chi connectivity index (χ0v) is 18.9. The normalized spacial score (nSPS) is 40.6. The van der Waals surface area contributed by atoms with Crippen LogP contribution >= 0.6 is 0 Å². The molecule has 2 fully saturated rings. The van der Waals surface area contributed by atoms with Gasteiger partial charge in [-0.2, -0.15) is 0 Å². The van der Waals surface area contributed by atoms with Gasteiger partial charge in [0.2, 0.25) is 0 Å². The monoisotopic (exact) mass is 415 g/mol. The number of carbonyl (C=O) groups excluding carboxylic acids is 1. The predicted octanol–water partition coefficient (Wildman–Crippen LogP) is 3.98. The Morgan fingerprint density at radius 1 is 1.10 bits per heavy atom. The van der Waals surface area contributed by atoms with E-state index in [0.717, 1.165) is 12.8 Å². The highest BCUT2D eigenvalue weighted by Gasteiger charge is 2.64. The minimum atomic E-state index is -1.29. The van der Waals surface area contributed by atoms with Gasteiger partial charge in [0.1, 0.15) is 6.61 Å². The average Bonchev–Trinajstić information content (AvgIpc) is 2.69. The molecule has 0 radical (unpaired) electrons. The maximum Gasteiger partial charge on any atom is 0.505 e. The van der Waals surface area contributed by atoms with Crippen LogP contribution in [-0.4, -0.2) is 59.0 Å². The molecule has 29 heavy (non-hydrogen) atoms. The Balaban J connectivity index is 2.35. The summed E-state index contributed by atoms with van der Waals surface area (Å²) in [4.78, 5) is 28.5. The van der Waals surface area contributed by atoms with E-state index in [-0.39, 0.29) is 18.5 Å². The first kappa shape index (κ1) is 23.9. The molecular weight excluding hydrogens is 378 g/mol. The highest BCUT2D eigenvalue weighted by molar-refractivity contribution is 5.65. The summed E-state index contributed by atoms with van der Waals surface area (Å²) < 4.78 is 17.7. The molecule has 2 aliphatic rings. The fourth-order valence-corrected chi connectivity index (χ4v) is 4.67. The third-order valence-corrected chi connectivity index (χ3v) is 7.37. The van der Waals surface area contributed by atoms with Gasteiger partial charge in [0, 0.05) is 19.3 Å². The van der Waals surface area contributed by atoms with Gasteiger partial charge in [-0.25, -0.2) is 4.79 Å². The largest absolute Gasteiger partial charge is 0.505 e. The first-order valence-electron chi connectivity index (χ1n) is 10.5. The number of rotatable bonds is 6. The topological polar surface area (TPSA) is 94.5 Å². The lowest BCUT2D eigenvalue weighted by Crippen LogP contribution is -2.74. The Labute approximate surface area is 173 Å². The van der Waals surface area contributed by atoms with Crippen LogP contribution in [0.5, 0.6) is 0 Å². The zero-order chi connectivity index (χ0) is 22.1. The van der Waals surface area contributed by atoms with Crippen LogP contribution in [0.1, 0.15) is 74.1 Å². The predicted molar refractivity (Wildman–Crippen MR) is 106 cm³/mol. The van der Waals surface area contributed by atoms with Crippen LogP contribution in [0.4, 0.5) is 4.79 Å². The Morgan fingerprint density at radius 2 is 1.69 bits per heavy atom. The highest BCUT2D eigenvalue weighted by atomic mass is 16.7. The SMILES string of the molecule is CCC1(COC(=O)O)COC2(CC(C)(CC)N(OC(C)=O)C(C)(CC)C2C)OC1. The Bertz CT molecular complexity index is 616. The van der Waals surface area contributed by atoms with E-state index in [4.69, 9.17) is 24.2 Å². The van der Waals surface area contributed by atoms with Crippen LogP contribution in [0.15, 0.2) is 0 Å². The fraction of sp³-hybridized carbons (Fsp3) is 0.905. The lowest BCUT2D eigenvalue weighted by molar-refractivity contribution is -0.403. The molecule has 1 spiro atoms. The third-order valence-electron chi connectivity index (χ3n) is 7.37. The third kappa shape index (κ3) is 4.25. The quantitative estimate of drug-likeness (QED) is 0.651. The Morgan fingerprint density at radius 3 is 2.10 bits per heavy atom.